The third-order valence-electron chi connectivity index (χ3n) is 3.72. The molecule has 0 atom stereocenters. The molecular weight excluding hydrogens is 342 g/mol. The van der Waals surface area contributed by atoms with Gasteiger partial charge in [-0.1, -0.05) is 0 Å². The fourth-order valence-corrected chi connectivity index (χ4v) is 3.77. The Morgan fingerprint density at radius 1 is 1.48 bits per heavy atom. The molecule has 0 saturated heterocycles. The molecule has 0 radical (unpaired) electrons. The predicted molar refractivity (Wildman–Crippen MR) is 90.2 cm³/mol. The second-order valence-corrected chi connectivity index (χ2v) is 6.34. The normalized spacial score (nSPS) is 12.9. The lowest BCUT2D eigenvalue weighted by atomic mass is 10.0. The number of nitrogens with one attached hydrogen (secondary N) is 1. The topological polar surface area (TPSA) is 108 Å². The van der Waals surface area contributed by atoms with Crippen LogP contribution in [0.25, 0.3) is 0 Å². The summed E-state index contributed by atoms with van der Waals surface area (Å²) in [6.45, 7) is 2.92. The molecule has 2 amide bonds. The Bertz CT molecular complexity index is 843. The SMILES string of the molecule is CCOC(=O)N1CCc2c(sc(NC(=O)c3cnccn3)c2C#N)C1. The summed E-state index contributed by atoms with van der Waals surface area (Å²) in [4.78, 5) is 34.4. The van der Waals surface area contributed by atoms with E-state index in [1.165, 1.54) is 29.9 Å². The van der Waals surface area contributed by atoms with Crippen LogP contribution in [0.15, 0.2) is 18.6 Å². The molecule has 0 unspecified atom stereocenters. The van der Waals surface area contributed by atoms with Gasteiger partial charge in [0.2, 0.25) is 0 Å². The molecule has 0 aromatic carbocycles. The fraction of sp³-hybridized carbons (Fsp3) is 0.312. The first-order valence-corrected chi connectivity index (χ1v) is 8.49. The molecule has 0 fully saturated rings. The number of anilines is 1. The van der Waals surface area contributed by atoms with Crippen LogP contribution in [0, 0.1) is 11.3 Å². The van der Waals surface area contributed by atoms with Gasteiger partial charge >= 0.3 is 6.09 Å². The lowest BCUT2D eigenvalue weighted by Crippen LogP contribution is -2.35. The van der Waals surface area contributed by atoms with Crippen molar-refractivity contribution in [3.05, 3.63) is 40.3 Å². The van der Waals surface area contributed by atoms with Gasteiger partial charge in [-0.05, 0) is 18.9 Å². The highest BCUT2D eigenvalue weighted by molar-refractivity contribution is 7.16. The van der Waals surface area contributed by atoms with E-state index in [2.05, 4.69) is 21.4 Å². The molecule has 9 heteroatoms. The quantitative estimate of drug-likeness (QED) is 0.902. The number of aromatic nitrogens is 2. The highest BCUT2D eigenvalue weighted by Gasteiger charge is 2.28. The van der Waals surface area contributed by atoms with Crippen LogP contribution >= 0.6 is 11.3 Å². The summed E-state index contributed by atoms with van der Waals surface area (Å²) in [6, 6.07) is 2.15. The Balaban J connectivity index is 1.82. The van der Waals surface area contributed by atoms with Gasteiger partial charge in [-0.3, -0.25) is 9.78 Å². The van der Waals surface area contributed by atoms with Crippen LogP contribution in [-0.2, 0) is 17.7 Å². The van der Waals surface area contributed by atoms with Crippen LogP contribution in [0.5, 0.6) is 0 Å². The van der Waals surface area contributed by atoms with Gasteiger partial charge in [0.25, 0.3) is 5.91 Å². The van der Waals surface area contributed by atoms with Crippen molar-refractivity contribution in [2.24, 2.45) is 0 Å². The number of nitrogens with zero attached hydrogens (tertiary/aromatic N) is 4. The van der Waals surface area contributed by atoms with E-state index in [0.717, 1.165) is 10.4 Å². The van der Waals surface area contributed by atoms with Crippen LogP contribution in [0.2, 0.25) is 0 Å². The minimum absolute atomic E-state index is 0.172. The smallest absolute Gasteiger partial charge is 0.410 e. The van der Waals surface area contributed by atoms with Crippen molar-refractivity contribution in [2.75, 3.05) is 18.5 Å². The van der Waals surface area contributed by atoms with Crippen LogP contribution in [0.3, 0.4) is 0 Å². The van der Waals surface area contributed by atoms with Gasteiger partial charge in [0.05, 0.1) is 24.9 Å². The Labute approximate surface area is 148 Å². The predicted octanol–water partition coefficient (Wildman–Crippen LogP) is 2.18. The third kappa shape index (κ3) is 3.44. The number of carbonyl (C=O) groups is 2. The first-order valence-electron chi connectivity index (χ1n) is 7.67. The van der Waals surface area contributed by atoms with E-state index in [1.54, 1.807) is 11.8 Å². The Morgan fingerprint density at radius 2 is 2.32 bits per heavy atom. The van der Waals surface area contributed by atoms with E-state index in [4.69, 9.17) is 4.74 Å². The number of carbonyl (C=O) groups excluding carboxylic acids is 2. The molecule has 0 spiro atoms. The monoisotopic (exact) mass is 357 g/mol. The summed E-state index contributed by atoms with van der Waals surface area (Å²) in [5, 5.41) is 12.7. The summed E-state index contributed by atoms with van der Waals surface area (Å²) < 4.78 is 5.02. The highest BCUT2D eigenvalue weighted by Crippen LogP contribution is 2.36. The number of hydrogen-bond acceptors (Lipinski definition) is 7. The Hall–Kier alpha value is -2.99. The maximum Gasteiger partial charge on any atom is 0.410 e. The maximum atomic E-state index is 12.3. The first kappa shape index (κ1) is 16.9. The van der Waals surface area contributed by atoms with Crippen LogP contribution in [0.4, 0.5) is 9.80 Å². The van der Waals surface area contributed by atoms with Crippen LogP contribution in [0.1, 0.15) is 33.4 Å². The number of thiophene rings is 1. The largest absolute Gasteiger partial charge is 0.450 e. The molecule has 0 aliphatic carbocycles. The number of hydrogen-bond donors (Lipinski definition) is 1. The van der Waals surface area contributed by atoms with Crippen molar-refractivity contribution in [2.45, 2.75) is 19.9 Å². The van der Waals surface area contributed by atoms with Gasteiger partial charge in [-0.15, -0.1) is 11.3 Å². The minimum atomic E-state index is -0.426. The van der Waals surface area contributed by atoms with E-state index in [-0.39, 0.29) is 11.8 Å². The van der Waals surface area contributed by atoms with Gasteiger partial charge in [0, 0.05) is 23.8 Å². The molecule has 128 valence electrons. The summed E-state index contributed by atoms with van der Waals surface area (Å²) in [5.41, 5.74) is 1.49. The van der Waals surface area contributed by atoms with Crippen molar-refractivity contribution >= 4 is 28.3 Å². The molecule has 0 bridgehead atoms. The van der Waals surface area contributed by atoms with Crippen molar-refractivity contribution in [1.82, 2.24) is 14.9 Å². The fourth-order valence-electron chi connectivity index (χ4n) is 2.56. The summed E-state index contributed by atoms with van der Waals surface area (Å²) in [5.74, 6) is -0.426. The van der Waals surface area contributed by atoms with Gasteiger partial charge in [0.15, 0.2) is 0 Å². The van der Waals surface area contributed by atoms with E-state index in [1.807, 2.05) is 0 Å². The molecule has 1 N–H and O–H groups in total. The van der Waals surface area contributed by atoms with E-state index >= 15 is 0 Å². The maximum absolute atomic E-state index is 12.3. The Kier molecular flexibility index (Phi) is 4.90. The van der Waals surface area contributed by atoms with Crippen molar-refractivity contribution < 1.29 is 14.3 Å². The minimum Gasteiger partial charge on any atom is -0.450 e. The zero-order chi connectivity index (χ0) is 17.8. The summed E-state index contributed by atoms with van der Waals surface area (Å²) in [7, 11) is 0. The summed E-state index contributed by atoms with van der Waals surface area (Å²) in [6.07, 6.45) is 4.44. The average Bonchev–Trinajstić information content (AvgIpc) is 2.98. The molecule has 25 heavy (non-hydrogen) atoms. The molecule has 3 heterocycles. The Morgan fingerprint density at radius 3 is 3.00 bits per heavy atom. The lowest BCUT2D eigenvalue weighted by molar-refractivity contribution is 0.101. The van der Waals surface area contributed by atoms with Crippen molar-refractivity contribution in [3.63, 3.8) is 0 Å². The van der Waals surface area contributed by atoms with E-state index < -0.39 is 5.91 Å². The number of rotatable bonds is 3. The molecule has 1 aliphatic rings. The van der Waals surface area contributed by atoms with Crippen LogP contribution < -0.4 is 5.32 Å². The second-order valence-electron chi connectivity index (χ2n) is 5.23. The zero-order valence-electron chi connectivity index (χ0n) is 13.5. The van der Waals surface area contributed by atoms with Gasteiger partial charge in [-0.25, -0.2) is 9.78 Å². The standard InChI is InChI=1S/C16H15N5O3S/c1-2-24-16(23)21-6-3-10-11(7-17)15(25-13(10)9-21)20-14(22)12-8-18-4-5-19-12/h4-5,8H,2-3,6,9H2,1H3,(H,20,22). The van der Waals surface area contributed by atoms with Gasteiger partial charge in [0.1, 0.15) is 16.8 Å². The molecular formula is C16H15N5O3S. The molecule has 1 aliphatic heterocycles. The van der Waals surface area contributed by atoms with E-state index in [0.29, 0.717) is 36.7 Å². The number of ether oxygens (including phenoxy) is 1. The van der Waals surface area contributed by atoms with E-state index in [9.17, 15) is 14.9 Å². The zero-order valence-corrected chi connectivity index (χ0v) is 14.3. The molecule has 0 saturated carbocycles. The highest BCUT2D eigenvalue weighted by atomic mass is 32.1. The van der Waals surface area contributed by atoms with Crippen LogP contribution in [-0.4, -0.2) is 40.0 Å². The van der Waals surface area contributed by atoms with Crippen molar-refractivity contribution in [3.8, 4) is 6.07 Å². The number of nitriles is 1. The molecule has 2 aromatic rings. The number of amides is 2. The van der Waals surface area contributed by atoms with Gasteiger partial charge in [-0.2, -0.15) is 5.26 Å². The summed E-state index contributed by atoms with van der Waals surface area (Å²) >= 11 is 1.30. The molecule has 2 aromatic heterocycles. The first-order chi connectivity index (χ1) is 12.1. The number of fused-ring (bicyclic) bond motifs is 1. The van der Waals surface area contributed by atoms with Crippen molar-refractivity contribution in [1.29, 1.82) is 5.26 Å². The third-order valence-corrected chi connectivity index (χ3v) is 4.85. The molecule has 3 rings (SSSR count). The lowest BCUT2D eigenvalue weighted by Gasteiger charge is -2.25. The second kappa shape index (κ2) is 7.27. The molecule has 8 nitrogen and oxygen atoms in total. The van der Waals surface area contributed by atoms with Gasteiger partial charge < -0.3 is 15.0 Å². The average molecular weight is 357 g/mol.